The standard InChI is InChI=1S/C22H23N3O6/c1-22(16-5-4-6-17(11-16)30-2)20(28)25(21(29)24-22)13-18(26)23-12-14-7-9-15(10-8-14)19(27)31-3/h4-11H,12-13H2,1-3H3,(H,23,26)(H,24,29). The first-order valence-corrected chi connectivity index (χ1v) is 9.51. The lowest BCUT2D eigenvalue weighted by atomic mass is 9.92. The number of ether oxygens (including phenoxy) is 2. The zero-order valence-corrected chi connectivity index (χ0v) is 17.4. The molecule has 0 aromatic heterocycles. The Morgan fingerprint density at radius 3 is 2.45 bits per heavy atom. The molecule has 31 heavy (non-hydrogen) atoms. The van der Waals surface area contributed by atoms with E-state index >= 15 is 0 Å². The molecule has 1 saturated heterocycles. The van der Waals surface area contributed by atoms with E-state index in [1.807, 2.05) is 0 Å². The van der Waals surface area contributed by atoms with Gasteiger partial charge in [-0.15, -0.1) is 0 Å². The normalized spacial score (nSPS) is 17.8. The van der Waals surface area contributed by atoms with Crippen LogP contribution >= 0.6 is 0 Å². The summed E-state index contributed by atoms with van der Waals surface area (Å²) in [4.78, 5) is 50.1. The molecule has 4 amide bonds. The van der Waals surface area contributed by atoms with E-state index in [1.54, 1.807) is 55.5 Å². The van der Waals surface area contributed by atoms with Gasteiger partial charge in [-0.1, -0.05) is 24.3 Å². The van der Waals surface area contributed by atoms with E-state index in [0.29, 0.717) is 16.9 Å². The van der Waals surface area contributed by atoms with Crippen molar-refractivity contribution in [2.24, 2.45) is 0 Å². The summed E-state index contributed by atoms with van der Waals surface area (Å²) in [5, 5.41) is 5.32. The van der Waals surface area contributed by atoms with Gasteiger partial charge in [-0.05, 0) is 42.3 Å². The molecular formula is C22H23N3O6. The summed E-state index contributed by atoms with van der Waals surface area (Å²) in [7, 11) is 2.81. The van der Waals surface area contributed by atoms with Crippen molar-refractivity contribution in [3.63, 3.8) is 0 Å². The highest BCUT2D eigenvalue weighted by Crippen LogP contribution is 2.30. The van der Waals surface area contributed by atoms with Gasteiger partial charge in [-0.25, -0.2) is 9.59 Å². The molecule has 0 spiro atoms. The van der Waals surface area contributed by atoms with Gasteiger partial charge in [0, 0.05) is 6.54 Å². The fourth-order valence-corrected chi connectivity index (χ4v) is 3.25. The van der Waals surface area contributed by atoms with E-state index in [0.717, 1.165) is 10.5 Å². The number of hydrogen-bond donors (Lipinski definition) is 2. The maximum Gasteiger partial charge on any atom is 0.337 e. The third-order valence-corrected chi connectivity index (χ3v) is 5.09. The summed E-state index contributed by atoms with van der Waals surface area (Å²) in [6.45, 7) is 1.35. The lowest BCUT2D eigenvalue weighted by Crippen LogP contribution is -2.43. The molecule has 2 aromatic rings. The Kier molecular flexibility index (Phi) is 6.24. The molecule has 0 radical (unpaired) electrons. The molecule has 0 saturated carbocycles. The Labute approximate surface area is 179 Å². The van der Waals surface area contributed by atoms with Crippen LogP contribution in [0.5, 0.6) is 5.75 Å². The second kappa shape index (κ2) is 8.86. The van der Waals surface area contributed by atoms with E-state index in [1.165, 1.54) is 14.2 Å². The van der Waals surface area contributed by atoms with Gasteiger partial charge in [0.2, 0.25) is 5.91 Å². The van der Waals surface area contributed by atoms with Crippen molar-refractivity contribution < 1.29 is 28.7 Å². The Bertz CT molecular complexity index is 1020. The minimum Gasteiger partial charge on any atom is -0.497 e. The molecule has 9 heteroatoms. The van der Waals surface area contributed by atoms with Gasteiger partial charge < -0.3 is 20.1 Å². The highest BCUT2D eigenvalue weighted by Gasteiger charge is 2.49. The van der Waals surface area contributed by atoms with Crippen LogP contribution in [-0.2, 0) is 26.4 Å². The predicted octanol–water partition coefficient (Wildman–Crippen LogP) is 1.57. The van der Waals surface area contributed by atoms with Gasteiger partial charge in [0.15, 0.2) is 0 Å². The highest BCUT2D eigenvalue weighted by atomic mass is 16.5. The van der Waals surface area contributed by atoms with Crippen LogP contribution in [0.3, 0.4) is 0 Å². The maximum atomic E-state index is 13.0. The SMILES string of the molecule is COC(=O)c1ccc(CNC(=O)CN2C(=O)NC(C)(c3cccc(OC)c3)C2=O)cc1. The van der Waals surface area contributed by atoms with E-state index in [2.05, 4.69) is 15.4 Å². The van der Waals surface area contributed by atoms with Crippen molar-refractivity contribution in [1.29, 1.82) is 0 Å². The molecule has 2 aromatic carbocycles. The zero-order chi connectivity index (χ0) is 22.6. The summed E-state index contributed by atoms with van der Waals surface area (Å²) >= 11 is 0. The number of nitrogens with one attached hydrogen (secondary N) is 2. The number of carbonyl (C=O) groups excluding carboxylic acids is 4. The summed E-state index contributed by atoms with van der Waals surface area (Å²) in [6, 6.07) is 12.7. The van der Waals surface area contributed by atoms with Crippen LogP contribution < -0.4 is 15.4 Å². The number of benzene rings is 2. The molecule has 1 aliphatic heterocycles. The summed E-state index contributed by atoms with van der Waals surface area (Å²) < 4.78 is 9.83. The van der Waals surface area contributed by atoms with Gasteiger partial charge in [0.25, 0.3) is 5.91 Å². The molecule has 162 valence electrons. The molecule has 0 bridgehead atoms. The van der Waals surface area contributed by atoms with E-state index in [4.69, 9.17) is 4.74 Å². The zero-order valence-electron chi connectivity index (χ0n) is 17.4. The third-order valence-electron chi connectivity index (χ3n) is 5.09. The molecule has 0 aliphatic carbocycles. The van der Waals surface area contributed by atoms with Crippen molar-refractivity contribution in [1.82, 2.24) is 15.5 Å². The first-order valence-electron chi connectivity index (χ1n) is 9.51. The molecule has 3 rings (SSSR count). The van der Waals surface area contributed by atoms with Crippen LogP contribution in [0.2, 0.25) is 0 Å². The fourth-order valence-electron chi connectivity index (χ4n) is 3.25. The van der Waals surface area contributed by atoms with Gasteiger partial charge >= 0.3 is 12.0 Å². The Balaban J connectivity index is 1.63. The van der Waals surface area contributed by atoms with E-state index < -0.39 is 35.9 Å². The number of hydrogen-bond acceptors (Lipinski definition) is 6. The quantitative estimate of drug-likeness (QED) is 0.514. The molecule has 1 unspecified atom stereocenters. The summed E-state index contributed by atoms with van der Waals surface area (Å²) in [6.07, 6.45) is 0. The maximum absolute atomic E-state index is 13.0. The third kappa shape index (κ3) is 4.50. The molecule has 1 aliphatic rings. The Morgan fingerprint density at radius 2 is 1.81 bits per heavy atom. The number of nitrogens with zero attached hydrogens (tertiary/aromatic N) is 1. The number of amides is 4. The lowest BCUT2D eigenvalue weighted by molar-refractivity contribution is -0.134. The van der Waals surface area contributed by atoms with Gasteiger partial charge in [0.05, 0.1) is 19.8 Å². The van der Waals surface area contributed by atoms with Crippen molar-refractivity contribution in [2.75, 3.05) is 20.8 Å². The van der Waals surface area contributed by atoms with Crippen molar-refractivity contribution >= 4 is 23.8 Å². The molecule has 2 N–H and O–H groups in total. The first kappa shape index (κ1) is 21.8. The van der Waals surface area contributed by atoms with Crippen LogP contribution in [0, 0.1) is 0 Å². The van der Waals surface area contributed by atoms with Crippen LogP contribution in [0.4, 0.5) is 4.79 Å². The van der Waals surface area contributed by atoms with Crippen LogP contribution in [0.25, 0.3) is 0 Å². The fraction of sp³-hybridized carbons (Fsp3) is 0.273. The second-order valence-electron chi connectivity index (χ2n) is 7.14. The number of imide groups is 1. The van der Waals surface area contributed by atoms with Crippen LogP contribution in [-0.4, -0.2) is 49.5 Å². The smallest absolute Gasteiger partial charge is 0.337 e. The van der Waals surface area contributed by atoms with Crippen molar-refractivity contribution in [3.05, 3.63) is 65.2 Å². The Morgan fingerprint density at radius 1 is 1.10 bits per heavy atom. The molecule has 1 heterocycles. The average Bonchev–Trinajstić information content (AvgIpc) is 3.01. The molecular weight excluding hydrogens is 402 g/mol. The highest BCUT2D eigenvalue weighted by molar-refractivity contribution is 6.09. The first-order chi connectivity index (χ1) is 14.8. The molecule has 1 fully saturated rings. The number of methoxy groups -OCH3 is 2. The van der Waals surface area contributed by atoms with Crippen LogP contribution in [0.15, 0.2) is 48.5 Å². The van der Waals surface area contributed by atoms with Crippen molar-refractivity contribution in [3.8, 4) is 5.75 Å². The van der Waals surface area contributed by atoms with Crippen molar-refractivity contribution in [2.45, 2.75) is 19.0 Å². The molecule has 1 atom stereocenters. The second-order valence-corrected chi connectivity index (χ2v) is 7.14. The van der Waals surface area contributed by atoms with E-state index in [9.17, 15) is 19.2 Å². The number of rotatable bonds is 7. The van der Waals surface area contributed by atoms with E-state index in [-0.39, 0.29) is 6.54 Å². The number of esters is 1. The molecule has 9 nitrogen and oxygen atoms in total. The minimum absolute atomic E-state index is 0.178. The Hall–Kier alpha value is -3.88. The minimum atomic E-state index is -1.30. The van der Waals surface area contributed by atoms with Gasteiger partial charge in [-0.2, -0.15) is 0 Å². The average molecular weight is 425 g/mol. The number of carbonyl (C=O) groups is 4. The topological polar surface area (TPSA) is 114 Å². The monoisotopic (exact) mass is 425 g/mol. The van der Waals surface area contributed by atoms with Crippen LogP contribution in [0.1, 0.15) is 28.4 Å². The largest absolute Gasteiger partial charge is 0.497 e. The summed E-state index contributed by atoms with van der Waals surface area (Å²) in [5.41, 5.74) is 0.405. The summed E-state index contributed by atoms with van der Waals surface area (Å²) in [5.74, 6) is -0.915. The van der Waals surface area contributed by atoms with Gasteiger partial charge in [-0.3, -0.25) is 14.5 Å². The van der Waals surface area contributed by atoms with Gasteiger partial charge in [0.1, 0.15) is 17.8 Å². The predicted molar refractivity (Wildman–Crippen MR) is 110 cm³/mol. The lowest BCUT2D eigenvalue weighted by Gasteiger charge is -2.22. The number of urea groups is 1.